The van der Waals surface area contributed by atoms with E-state index in [-0.39, 0.29) is 31.4 Å². The highest BCUT2D eigenvalue weighted by molar-refractivity contribution is 5.80. The summed E-state index contributed by atoms with van der Waals surface area (Å²) in [4.78, 5) is 37.6. The van der Waals surface area contributed by atoms with E-state index >= 15 is 0 Å². The van der Waals surface area contributed by atoms with Gasteiger partial charge in [0.2, 0.25) is 5.91 Å². The minimum absolute atomic E-state index is 0.0554. The second-order valence-electron chi connectivity index (χ2n) is 5.38. The molecular weight excluding hydrogens is 262 g/mol. The molecule has 20 heavy (non-hydrogen) atoms. The van der Waals surface area contributed by atoms with Gasteiger partial charge in [0, 0.05) is 40.2 Å². The van der Waals surface area contributed by atoms with E-state index in [9.17, 15) is 19.5 Å². The lowest BCUT2D eigenvalue weighted by atomic mass is 9.84. The normalized spacial score (nSPS) is 21.6. The fourth-order valence-electron chi connectivity index (χ4n) is 2.27. The Hall–Kier alpha value is -1.79. The standard InChI is InChI=1S/C13H23N3O4/c1-4-13(11(18)19)6-8-16(9-13)12(20)14-7-5-10(17)15(2)3/h4-9H2,1-3H3,(H,14,20)(H,18,19). The molecule has 0 spiro atoms. The Morgan fingerprint density at radius 1 is 1.35 bits per heavy atom. The van der Waals surface area contributed by atoms with Crippen LogP contribution in [0, 0.1) is 5.41 Å². The molecule has 1 aliphatic heterocycles. The number of hydrogen-bond donors (Lipinski definition) is 2. The summed E-state index contributed by atoms with van der Waals surface area (Å²) < 4.78 is 0. The average Bonchev–Trinajstić information content (AvgIpc) is 2.84. The fraction of sp³-hybridized carbons (Fsp3) is 0.769. The number of hydrogen-bond acceptors (Lipinski definition) is 3. The van der Waals surface area contributed by atoms with Crippen LogP contribution >= 0.6 is 0 Å². The van der Waals surface area contributed by atoms with Gasteiger partial charge in [-0.15, -0.1) is 0 Å². The Balaban J connectivity index is 2.43. The Morgan fingerprint density at radius 2 is 2.00 bits per heavy atom. The maximum atomic E-state index is 11.9. The molecule has 1 saturated heterocycles. The first-order valence-electron chi connectivity index (χ1n) is 6.78. The number of likely N-dealkylation sites (tertiary alicyclic amines) is 1. The smallest absolute Gasteiger partial charge is 0.317 e. The van der Waals surface area contributed by atoms with E-state index in [0.717, 1.165) is 0 Å². The van der Waals surface area contributed by atoms with Crippen molar-refractivity contribution in [3.05, 3.63) is 0 Å². The Kier molecular flexibility index (Phi) is 5.35. The summed E-state index contributed by atoms with van der Waals surface area (Å²) in [7, 11) is 3.32. The number of carboxylic acid groups (broad SMARTS) is 1. The van der Waals surface area contributed by atoms with Crippen LogP contribution in [0.25, 0.3) is 0 Å². The molecule has 1 fully saturated rings. The number of amides is 3. The molecule has 0 aromatic carbocycles. The van der Waals surface area contributed by atoms with E-state index in [1.807, 2.05) is 6.92 Å². The van der Waals surface area contributed by atoms with E-state index in [0.29, 0.717) is 19.4 Å². The monoisotopic (exact) mass is 285 g/mol. The van der Waals surface area contributed by atoms with Crippen molar-refractivity contribution in [3.8, 4) is 0 Å². The molecule has 1 unspecified atom stereocenters. The van der Waals surface area contributed by atoms with E-state index in [1.165, 1.54) is 9.80 Å². The maximum absolute atomic E-state index is 11.9. The van der Waals surface area contributed by atoms with Gasteiger partial charge in [-0.25, -0.2) is 4.79 Å². The van der Waals surface area contributed by atoms with Crippen molar-refractivity contribution >= 4 is 17.9 Å². The zero-order valence-corrected chi connectivity index (χ0v) is 12.3. The molecule has 3 amide bonds. The number of carbonyl (C=O) groups is 3. The van der Waals surface area contributed by atoms with Crippen LogP contribution in [0.2, 0.25) is 0 Å². The number of nitrogens with zero attached hydrogens (tertiary/aromatic N) is 2. The van der Waals surface area contributed by atoms with Gasteiger partial charge in [-0.2, -0.15) is 0 Å². The zero-order chi connectivity index (χ0) is 15.3. The molecular formula is C13H23N3O4. The summed E-state index contributed by atoms with van der Waals surface area (Å²) in [5, 5.41) is 11.9. The average molecular weight is 285 g/mol. The molecule has 1 aliphatic rings. The van der Waals surface area contributed by atoms with Crippen LogP contribution in [-0.4, -0.2) is 66.5 Å². The third-order valence-electron chi connectivity index (χ3n) is 3.89. The predicted molar refractivity (Wildman–Crippen MR) is 73.3 cm³/mol. The lowest BCUT2D eigenvalue weighted by Crippen LogP contribution is -2.42. The third kappa shape index (κ3) is 3.61. The highest BCUT2D eigenvalue weighted by Crippen LogP contribution is 2.34. The van der Waals surface area contributed by atoms with Crippen LogP contribution in [0.4, 0.5) is 4.79 Å². The van der Waals surface area contributed by atoms with Gasteiger partial charge >= 0.3 is 12.0 Å². The minimum atomic E-state index is -0.849. The lowest BCUT2D eigenvalue weighted by Gasteiger charge is -2.23. The van der Waals surface area contributed by atoms with Crippen LogP contribution in [0.5, 0.6) is 0 Å². The van der Waals surface area contributed by atoms with Crippen LogP contribution in [0.3, 0.4) is 0 Å². The number of urea groups is 1. The topological polar surface area (TPSA) is 90.0 Å². The second-order valence-corrected chi connectivity index (χ2v) is 5.38. The van der Waals surface area contributed by atoms with Crippen molar-refractivity contribution < 1.29 is 19.5 Å². The molecule has 0 saturated carbocycles. The summed E-state index contributed by atoms with van der Waals surface area (Å²) in [5.74, 6) is -0.904. The first-order chi connectivity index (χ1) is 9.32. The van der Waals surface area contributed by atoms with E-state index < -0.39 is 11.4 Å². The molecule has 7 heteroatoms. The van der Waals surface area contributed by atoms with Crippen molar-refractivity contribution in [3.63, 3.8) is 0 Å². The van der Waals surface area contributed by atoms with Gasteiger partial charge < -0.3 is 20.2 Å². The van der Waals surface area contributed by atoms with E-state index in [2.05, 4.69) is 5.32 Å². The minimum Gasteiger partial charge on any atom is -0.481 e. The van der Waals surface area contributed by atoms with Crippen LogP contribution in [0.1, 0.15) is 26.2 Å². The van der Waals surface area contributed by atoms with E-state index in [1.54, 1.807) is 14.1 Å². The zero-order valence-electron chi connectivity index (χ0n) is 12.3. The van der Waals surface area contributed by atoms with Gasteiger partial charge in [-0.3, -0.25) is 9.59 Å². The summed E-state index contributed by atoms with van der Waals surface area (Å²) in [6.07, 6.45) is 1.22. The van der Waals surface area contributed by atoms with Gasteiger partial charge in [0.25, 0.3) is 0 Å². The van der Waals surface area contributed by atoms with Crippen LogP contribution < -0.4 is 5.32 Å². The molecule has 1 rings (SSSR count). The Bertz CT molecular complexity index is 397. The molecule has 0 radical (unpaired) electrons. The largest absolute Gasteiger partial charge is 0.481 e. The highest BCUT2D eigenvalue weighted by Gasteiger charge is 2.44. The third-order valence-corrected chi connectivity index (χ3v) is 3.89. The van der Waals surface area contributed by atoms with Crippen LogP contribution in [-0.2, 0) is 9.59 Å². The van der Waals surface area contributed by atoms with Gasteiger partial charge in [0.05, 0.1) is 5.41 Å². The SMILES string of the molecule is CCC1(C(=O)O)CCN(C(=O)NCCC(=O)N(C)C)C1. The number of carboxylic acids is 1. The lowest BCUT2D eigenvalue weighted by molar-refractivity contribution is -0.148. The summed E-state index contributed by atoms with van der Waals surface area (Å²) in [6, 6.07) is -0.298. The first kappa shape index (κ1) is 16.3. The summed E-state index contributed by atoms with van der Waals surface area (Å²) in [6.45, 7) is 2.75. The molecule has 0 aromatic heterocycles. The molecule has 0 bridgehead atoms. The molecule has 114 valence electrons. The Morgan fingerprint density at radius 3 is 2.45 bits per heavy atom. The molecule has 2 N–H and O–H groups in total. The maximum Gasteiger partial charge on any atom is 0.317 e. The van der Waals surface area contributed by atoms with Gasteiger partial charge in [-0.05, 0) is 12.8 Å². The predicted octanol–water partition coefficient (Wildman–Crippen LogP) is 0.361. The molecule has 1 heterocycles. The first-order valence-corrected chi connectivity index (χ1v) is 6.78. The van der Waals surface area contributed by atoms with E-state index in [4.69, 9.17) is 0 Å². The number of aliphatic carboxylic acids is 1. The molecule has 0 aromatic rings. The number of rotatable bonds is 5. The number of nitrogens with one attached hydrogen (secondary N) is 1. The van der Waals surface area contributed by atoms with Gasteiger partial charge in [0.15, 0.2) is 0 Å². The van der Waals surface area contributed by atoms with Gasteiger partial charge in [-0.1, -0.05) is 6.92 Å². The summed E-state index contributed by atoms with van der Waals surface area (Å²) >= 11 is 0. The molecule has 7 nitrogen and oxygen atoms in total. The quantitative estimate of drug-likeness (QED) is 0.763. The van der Waals surface area contributed by atoms with Gasteiger partial charge in [0.1, 0.15) is 0 Å². The summed E-state index contributed by atoms with van der Waals surface area (Å²) in [5.41, 5.74) is -0.823. The molecule has 1 atom stereocenters. The van der Waals surface area contributed by atoms with Crippen molar-refractivity contribution in [2.45, 2.75) is 26.2 Å². The number of carbonyl (C=O) groups excluding carboxylic acids is 2. The van der Waals surface area contributed by atoms with Crippen LogP contribution in [0.15, 0.2) is 0 Å². The van der Waals surface area contributed by atoms with Crippen molar-refractivity contribution in [1.29, 1.82) is 0 Å². The van der Waals surface area contributed by atoms with Crippen molar-refractivity contribution in [1.82, 2.24) is 15.1 Å². The second kappa shape index (κ2) is 6.58. The highest BCUT2D eigenvalue weighted by atomic mass is 16.4. The Labute approximate surface area is 118 Å². The van der Waals surface area contributed by atoms with Crippen molar-refractivity contribution in [2.75, 3.05) is 33.7 Å². The molecule has 0 aliphatic carbocycles. The van der Waals surface area contributed by atoms with Crippen molar-refractivity contribution in [2.24, 2.45) is 5.41 Å². The fourth-order valence-corrected chi connectivity index (χ4v) is 2.27.